The summed E-state index contributed by atoms with van der Waals surface area (Å²) in [5, 5.41) is 7.41. The molecule has 1 fully saturated rings. The van der Waals surface area contributed by atoms with Crippen molar-refractivity contribution >= 4 is 17.3 Å². The van der Waals surface area contributed by atoms with E-state index in [0.29, 0.717) is 12.2 Å². The molecule has 1 atom stereocenters. The lowest BCUT2D eigenvalue weighted by atomic mass is 10.0. The molecule has 1 aliphatic rings. The highest BCUT2D eigenvalue weighted by Gasteiger charge is 2.31. The number of nitrogens with zero attached hydrogens (tertiary/aromatic N) is 3. The monoisotopic (exact) mass is 302 g/mol. The first-order valence-electron chi connectivity index (χ1n) is 7.39. The number of halogens is 1. The van der Waals surface area contributed by atoms with Crippen molar-refractivity contribution in [2.45, 2.75) is 25.8 Å². The Balaban J connectivity index is 1.81. The van der Waals surface area contributed by atoms with Crippen molar-refractivity contribution in [2.75, 3.05) is 16.8 Å². The first kappa shape index (κ1) is 14.6. The number of para-hydroxylation sites is 1. The fraction of sp³-hybridized carbons (Fsp3) is 0.375. The van der Waals surface area contributed by atoms with Crippen LogP contribution >= 0.6 is 0 Å². The van der Waals surface area contributed by atoms with Crippen molar-refractivity contribution < 1.29 is 9.18 Å². The van der Waals surface area contributed by atoms with Crippen LogP contribution in [0, 0.1) is 12.7 Å². The maximum Gasteiger partial charge on any atom is 0.249 e. The zero-order chi connectivity index (χ0) is 15.7. The molecule has 0 bridgehead atoms. The van der Waals surface area contributed by atoms with Crippen molar-refractivity contribution in [3.8, 4) is 0 Å². The summed E-state index contributed by atoms with van der Waals surface area (Å²) in [4.78, 5) is 14.2. The Morgan fingerprint density at radius 1 is 1.36 bits per heavy atom. The van der Waals surface area contributed by atoms with E-state index in [1.54, 1.807) is 29.1 Å². The van der Waals surface area contributed by atoms with Crippen LogP contribution in [0.3, 0.4) is 0 Å². The number of aryl methyl sites for hydroxylation is 1. The van der Waals surface area contributed by atoms with E-state index in [1.807, 2.05) is 14.0 Å². The Bertz CT molecular complexity index is 697. The molecule has 6 heteroatoms. The molecule has 0 aliphatic carbocycles. The van der Waals surface area contributed by atoms with Crippen molar-refractivity contribution in [3.05, 3.63) is 42.0 Å². The zero-order valence-electron chi connectivity index (χ0n) is 12.7. The molecule has 1 aromatic heterocycles. The smallest absolute Gasteiger partial charge is 0.249 e. The maximum atomic E-state index is 13.9. The number of rotatable bonds is 3. The molecule has 1 saturated heterocycles. The van der Waals surface area contributed by atoms with Crippen LogP contribution in [0.1, 0.15) is 18.5 Å². The van der Waals surface area contributed by atoms with E-state index < -0.39 is 0 Å². The standard InChI is InChI=1S/C16H19FN4O/c1-11-14(10-18-20(11)2)19-13-7-5-9-21(16(13)22)15-8-4-3-6-12(15)17/h3-4,6,8,10,13,19H,5,7,9H2,1-2H3. The Kier molecular flexibility index (Phi) is 3.83. The number of piperidine rings is 1. The molecular weight excluding hydrogens is 283 g/mol. The first-order chi connectivity index (χ1) is 10.6. The van der Waals surface area contributed by atoms with Crippen LogP contribution in [-0.2, 0) is 11.8 Å². The van der Waals surface area contributed by atoms with Crippen LogP contribution in [0.4, 0.5) is 15.8 Å². The molecule has 1 aliphatic heterocycles. The largest absolute Gasteiger partial charge is 0.371 e. The molecule has 1 aromatic carbocycles. The molecule has 3 rings (SSSR count). The predicted molar refractivity (Wildman–Crippen MR) is 83.3 cm³/mol. The van der Waals surface area contributed by atoms with E-state index in [1.165, 1.54) is 11.0 Å². The van der Waals surface area contributed by atoms with E-state index in [4.69, 9.17) is 0 Å². The van der Waals surface area contributed by atoms with Gasteiger partial charge in [-0.05, 0) is 31.9 Å². The van der Waals surface area contributed by atoms with Gasteiger partial charge in [-0.1, -0.05) is 12.1 Å². The second-order valence-electron chi connectivity index (χ2n) is 5.55. The molecule has 1 N–H and O–H groups in total. The van der Waals surface area contributed by atoms with Gasteiger partial charge < -0.3 is 10.2 Å². The van der Waals surface area contributed by atoms with Crippen molar-refractivity contribution in [1.29, 1.82) is 0 Å². The number of aromatic nitrogens is 2. The van der Waals surface area contributed by atoms with Crippen LogP contribution < -0.4 is 10.2 Å². The van der Waals surface area contributed by atoms with E-state index in [0.717, 1.165) is 24.2 Å². The normalized spacial score (nSPS) is 18.6. The second-order valence-corrected chi connectivity index (χ2v) is 5.55. The lowest BCUT2D eigenvalue weighted by Gasteiger charge is -2.33. The Morgan fingerprint density at radius 3 is 2.82 bits per heavy atom. The fourth-order valence-corrected chi connectivity index (χ4v) is 2.75. The molecule has 22 heavy (non-hydrogen) atoms. The third-order valence-electron chi connectivity index (χ3n) is 4.15. The third kappa shape index (κ3) is 2.56. The van der Waals surface area contributed by atoms with Crippen molar-refractivity contribution in [3.63, 3.8) is 0 Å². The number of amides is 1. The average molecular weight is 302 g/mol. The zero-order valence-corrected chi connectivity index (χ0v) is 12.7. The van der Waals surface area contributed by atoms with Crippen LogP contribution in [0.25, 0.3) is 0 Å². The minimum Gasteiger partial charge on any atom is -0.371 e. The molecule has 2 aromatic rings. The van der Waals surface area contributed by atoms with Gasteiger partial charge in [-0.3, -0.25) is 9.48 Å². The van der Waals surface area contributed by atoms with Gasteiger partial charge in [0.25, 0.3) is 0 Å². The first-order valence-corrected chi connectivity index (χ1v) is 7.39. The molecule has 116 valence electrons. The molecule has 0 radical (unpaired) electrons. The summed E-state index contributed by atoms with van der Waals surface area (Å²) in [5.41, 5.74) is 2.16. The van der Waals surface area contributed by atoms with Crippen LogP contribution in [0.15, 0.2) is 30.5 Å². The van der Waals surface area contributed by atoms with E-state index in [9.17, 15) is 9.18 Å². The van der Waals surface area contributed by atoms with Gasteiger partial charge in [0.2, 0.25) is 5.91 Å². The fourth-order valence-electron chi connectivity index (χ4n) is 2.75. The quantitative estimate of drug-likeness (QED) is 0.947. The number of hydrogen-bond donors (Lipinski definition) is 1. The third-order valence-corrected chi connectivity index (χ3v) is 4.15. The summed E-state index contributed by atoms with van der Waals surface area (Å²) in [7, 11) is 1.86. The van der Waals surface area contributed by atoms with Crippen LogP contribution in [-0.4, -0.2) is 28.3 Å². The van der Waals surface area contributed by atoms with Gasteiger partial charge in [0.15, 0.2) is 0 Å². The van der Waals surface area contributed by atoms with E-state index in [-0.39, 0.29) is 17.8 Å². The highest BCUT2D eigenvalue weighted by Crippen LogP contribution is 2.26. The summed E-state index contributed by atoms with van der Waals surface area (Å²) >= 11 is 0. The maximum absolute atomic E-state index is 13.9. The number of nitrogens with one attached hydrogen (secondary N) is 1. The lowest BCUT2D eigenvalue weighted by Crippen LogP contribution is -2.48. The summed E-state index contributed by atoms with van der Waals surface area (Å²) in [6, 6.07) is 6.04. The number of hydrogen-bond acceptors (Lipinski definition) is 3. The lowest BCUT2D eigenvalue weighted by molar-refractivity contribution is -0.120. The predicted octanol–water partition coefficient (Wildman–Crippen LogP) is 2.48. The highest BCUT2D eigenvalue weighted by molar-refractivity contribution is 5.99. The van der Waals surface area contributed by atoms with Gasteiger partial charge >= 0.3 is 0 Å². The molecule has 0 saturated carbocycles. The van der Waals surface area contributed by atoms with Crippen LogP contribution in [0.5, 0.6) is 0 Å². The molecule has 1 amide bonds. The molecule has 2 heterocycles. The van der Waals surface area contributed by atoms with Gasteiger partial charge in [-0.15, -0.1) is 0 Å². The molecule has 5 nitrogen and oxygen atoms in total. The molecule has 1 unspecified atom stereocenters. The average Bonchev–Trinajstić information content (AvgIpc) is 2.82. The van der Waals surface area contributed by atoms with Gasteiger partial charge in [-0.2, -0.15) is 5.10 Å². The van der Waals surface area contributed by atoms with Crippen LogP contribution in [0.2, 0.25) is 0 Å². The van der Waals surface area contributed by atoms with Crippen molar-refractivity contribution in [2.24, 2.45) is 7.05 Å². The number of anilines is 2. The summed E-state index contributed by atoms with van der Waals surface area (Å²) in [6.07, 6.45) is 3.28. The van der Waals surface area contributed by atoms with E-state index in [2.05, 4.69) is 10.4 Å². The number of carbonyl (C=O) groups excluding carboxylic acids is 1. The second kappa shape index (κ2) is 5.79. The minimum atomic E-state index is -0.367. The van der Waals surface area contributed by atoms with Gasteiger partial charge in [0, 0.05) is 13.6 Å². The SMILES string of the molecule is Cc1c(NC2CCCN(c3ccccc3F)C2=O)cnn1C. The summed E-state index contributed by atoms with van der Waals surface area (Å²) in [6.45, 7) is 2.49. The molecular formula is C16H19FN4O. The topological polar surface area (TPSA) is 50.2 Å². The van der Waals surface area contributed by atoms with Gasteiger partial charge in [0.05, 0.1) is 23.3 Å². The van der Waals surface area contributed by atoms with Gasteiger partial charge in [-0.25, -0.2) is 4.39 Å². The Labute approximate surface area is 128 Å². The number of carbonyl (C=O) groups is 1. The highest BCUT2D eigenvalue weighted by atomic mass is 19.1. The van der Waals surface area contributed by atoms with Gasteiger partial charge in [0.1, 0.15) is 11.9 Å². The number of benzene rings is 1. The van der Waals surface area contributed by atoms with E-state index >= 15 is 0 Å². The summed E-state index contributed by atoms with van der Waals surface area (Å²) in [5.74, 6) is -0.464. The minimum absolute atomic E-state index is 0.0976. The molecule has 0 spiro atoms. The summed E-state index contributed by atoms with van der Waals surface area (Å²) < 4.78 is 15.7. The Hall–Kier alpha value is -2.37. The Morgan fingerprint density at radius 2 is 2.14 bits per heavy atom. The van der Waals surface area contributed by atoms with Crippen molar-refractivity contribution in [1.82, 2.24) is 9.78 Å².